The lowest BCUT2D eigenvalue weighted by molar-refractivity contribution is -0.137. The Morgan fingerprint density at radius 1 is 1.08 bits per heavy atom. The number of hydrogen-bond donors (Lipinski definition) is 0. The van der Waals surface area contributed by atoms with Gasteiger partial charge in [0, 0.05) is 31.1 Å². The van der Waals surface area contributed by atoms with Crippen molar-refractivity contribution < 1.29 is 19.0 Å². The normalized spacial score (nSPS) is 17.8. The second kappa shape index (κ2) is 7.16. The van der Waals surface area contributed by atoms with Gasteiger partial charge in [-0.1, -0.05) is 12.5 Å². The van der Waals surface area contributed by atoms with Gasteiger partial charge in [-0.25, -0.2) is 0 Å². The van der Waals surface area contributed by atoms with E-state index in [-0.39, 0.29) is 5.92 Å². The maximum Gasteiger partial charge on any atom is 0.225 e. The maximum absolute atomic E-state index is 12.4. The highest BCUT2D eigenvalue weighted by molar-refractivity contribution is 5.82. The smallest absolute Gasteiger partial charge is 0.225 e. The van der Waals surface area contributed by atoms with Gasteiger partial charge in [0.1, 0.15) is 17.2 Å². The van der Waals surface area contributed by atoms with E-state index in [0.29, 0.717) is 18.2 Å². The van der Waals surface area contributed by atoms with E-state index in [1.165, 1.54) is 6.42 Å². The molecule has 0 atom stereocenters. The summed E-state index contributed by atoms with van der Waals surface area (Å²) in [6.45, 7) is 1.41. The largest absolute Gasteiger partial charge is 0.496 e. The number of carbonyl (C=O) groups is 1. The van der Waals surface area contributed by atoms with Crippen molar-refractivity contribution in [3.05, 3.63) is 23.8 Å². The first-order chi connectivity index (χ1) is 11.7. The molecule has 0 N–H and O–H groups in total. The minimum Gasteiger partial charge on any atom is -0.496 e. The standard InChI is InChI=1S/C19H25NO4/c1-22-15-11-16(23-2)18(17(12-15)24-3)13-7-9-20(10-8-13)19(21)14-5-4-6-14/h7,11-12,14H,4-6,8-10H2,1-3H3. The van der Waals surface area contributed by atoms with Crippen LogP contribution in [0.3, 0.4) is 0 Å². The lowest BCUT2D eigenvalue weighted by Gasteiger charge is -2.33. The van der Waals surface area contributed by atoms with Gasteiger partial charge in [-0.15, -0.1) is 0 Å². The van der Waals surface area contributed by atoms with Crippen LogP contribution < -0.4 is 14.2 Å². The second-order valence-corrected chi connectivity index (χ2v) is 6.30. The number of benzene rings is 1. The number of rotatable bonds is 5. The summed E-state index contributed by atoms with van der Waals surface area (Å²) in [5.74, 6) is 2.73. The van der Waals surface area contributed by atoms with Crippen LogP contribution in [-0.4, -0.2) is 45.2 Å². The molecule has 0 saturated heterocycles. The highest BCUT2D eigenvalue weighted by Gasteiger charge is 2.30. The highest BCUT2D eigenvalue weighted by atomic mass is 16.5. The Hall–Kier alpha value is -2.17. The Bertz CT molecular complexity index is 624. The van der Waals surface area contributed by atoms with E-state index in [4.69, 9.17) is 14.2 Å². The van der Waals surface area contributed by atoms with Crippen molar-refractivity contribution in [2.45, 2.75) is 25.7 Å². The summed E-state index contributed by atoms with van der Waals surface area (Å²) in [5.41, 5.74) is 2.11. The second-order valence-electron chi connectivity index (χ2n) is 6.30. The highest BCUT2D eigenvalue weighted by Crippen LogP contribution is 2.41. The number of nitrogens with zero attached hydrogens (tertiary/aromatic N) is 1. The third-order valence-electron chi connectivity index (χ3n) is 5.01. The molecule has 24 heavy (non-hydrogen) atoms. The molecule has 1 aliphatic carbocycles. The molecule has 5 nitrogen and oxygen atoms in total. The number of amides is 1. The zero-order chi connectivity index (χ0) is 17.1. The van der Waals surface area contributed by atoms with Gasteiger partial charge in [-0.05, 0) is 24.8 Å². The van der Waals surface area contributed by atoms with Crippen molar-refractivity contribution in [1.29, 1.82) is 0 Å². The molecule has 1 saturated carbocycles. The first-order valence-electron chi connectivity index (χ1n) is 8.46. The summed E-state index contributed by atoms with van der Waals surface area (Å²) in [6.07, 6.45) is 6.20. The maximum atomic E-state index is 12.4. The van der Waals surface area contributed by atoms with Crippen molar-refractivity contribution in [2.24, 2.45) is 5.92 Å². The van der Waals surface area contributed by atoms with Gasteiger partial charge in [0.05, 0.1) is 26.9 Å². The summed E-state index contributed by atoms with van der Waals surface area (Å²) < 4.78 is 16.4. The van der Waals surface area contributed by atoms with Crippen LogP contribution in [-0.2, 0) is 4.79 Å². The van der Waals surface area contributed by atoms with E-state index >= 15 is 0 Å². The van der Waals surface area contributed by atoms with Crippen LogP contribution in [0.4, 0.5) is 0 Å². The monoisotopic (exact) mass is 331 g/mol. The van der Waals surface area contributed by atoms with Gasteiger partial charge < -0.3 is 19.1 Å². The predicted molar refractivity (Wildman–Crippen MR) is 92.6 cm³/mol. The molecule has 0 aromatic heterocycles. The topological polar surface area (TPSA) is 48.0 Å². The van der Waals surface area contributed by atoms with Gasteiger partial charge in [0.2, 0.25) is 5.91 Å². The van der Waals surface area contributed by atoms with E-state index in [2.05, 4.69) is 6.08 Å². The van der Waals surface area contributed by atoms with Gasteiger partial charge >= 0.3 is 0 Å². The van der Waals surface area contributed by atoms with Crippen molar-refractivity contribution in [1.82, 2.24) is 4.90 Å². The first kappa shape index (κ1) is 16.7. The molecule has 5 heteroatoms. The van der Waals surface area contributed by atoms with E-state index in [1.807, 2.05) is 17.0 Å². The Balaban J connectivity index is 1.84. The minimum absolute atomic E-state index is 0.255. The lowest BCUT2D eigenvalue weighted by atomic mass is 9.84. The van der Waals surface area contributed by atoms with Crippen molar-refractivity contribution in [3.63, 3.8) is 0 Å². The zero-order valence-corrected chi connectivity index (χ0v) is 14.6. The van der Waals surface area contributed by atoms with Crippen LogP contribution in [0.15, 0.2) is 18.2 Å². The molecule has 1 amide bonds. The first-order valence-corrected chi connectivity index (χ1v) is 8.46. The number of methoxy groups -OCH3 is 3. The molecule has 2 aliphatic rings. The average molecular weight is 331 g/mol. The van der Waals surface area contributed by atoms with Crippen LogP contribution >= 0.6 is 0 Å². The fraction of sp³-hybridized carbons (Fsp3) is 0.526. The fourth-order valence-corrected chi connectivity index (χ4v) is 3.33. The Morgan fingerprint density at radius 2 is 1.75 bits per heavy atom. The third kappa shape index (κ3) is 3.07. The van der Waals surface area contributed by atoms with Crippen LogP contribution in [0, 0.1) is 5.92 Å². The van der Waals surface area contributed by atoms with Crippen molar-refractivity contribution >= 4 is 11.5 Å². The molecule has 1 heterocycles. The van der Waals surface area contributed by atoms with E-state index in [1.54, 1.807) is 21.3 Å². The molecule has 1 fully saturated rings. The molecule has 1 aliphatic heterocycles. The number of carbonyl (C=O) groups excluding carboxylic acids is 1. The summed E-state index contributed by atoms with van der Waals surface area (Å²) in [6, 6.07) is 3.73. The third-order valence-corrected chi connectivity index (χ3v) is 5.01. The average Bonchev–Trinajstić information content (AvgIpc) is 2.59. The SMILES string of the molecule is COc1cc(OC)c(C2=CCN(C(=O)C3CCC3)CC2)c(OC)c1. The van der Waals surface area contributed by atoms with Crippen LogP contribution in [0.25, 0.3) is 5.57 Å². The van der Waals surface area contributed by atoms with E-state index in [9.17, 15) is 4.79 Å². The molecule has 0 spiro atoms. The number of ether oxygens (including phenoxy) is 3. The van der Waals surface area contributed by atoms with Crippen LogP contribution in [0.2, 0.25) is 0 Å². The molecule has 0 unspecified atom stereocenters. The molecule has 1 aromatic carbocycles. The molecular weight excluding hydrogens is 306 g/mol. The van der Waals surface area contributed by atoms with Crippen LogP contribution in [0.1, 0.15) is 31.2 Å². The number of hydrogen-bond acceptors (Lipinski definition) is 4. The van der Waals surface area contributed by atoms with Gasteiger partial charge in [0.25, 0.3) is 0 Å². The summed E-state index contributed by atoms with van der Waals surface area (Å²) in [5, 5.41) is 0. The Labute approximate surface area is 143 Å². The van der Waals surface area contributed by atoms with Gasteiger partial charge in [-0.3, -0.25) is 4.79 Å². The fourth-order valence-electron chi connectivity index (χ4n) is 3.33. The zero-order valence-electron chi connectivity index (χ0n) is 14.6. The minimum atomic E-state index is 0.255. The molecule has 1 aromatic rings. The summed E-state index contributed by atoms with van der Waals surface area (Å²) >= 11 is 0. The Kier molecular flexibility index (Phi) is 4.97. The van der Waals surface area contributed by atoms with Gasteiger partial charge in [0.15, 0.2) is 0 Å². The molecule has 0 radical (unpaired) electrons. The molecule has 3 rings (SSSR count). The molecular formula is C19H25NO4. The van der Waals surface area contributed by atoms with Crippen LogP contribution in [0.5, 0.6) is 17.2 Å². The van der Waals surface area contributed by atoms with Crippen molar-refractivity contribution in [3.8, 4) is 17.2 Å². The van der Waals surface area contributed by atoms with Crippen molar-refractivity contribution in [2.75, 3.05) is 34.4 Å². The summed E-state index contributed by atoms with van der Waals surface area (Å²) in [4.78, 5) is 14.4. The quantitative estimate of drug-likeness (QED) is 0.832. The summed E-state index contributed by atoms with van der Waals surface area (Å²) in [7, 11) is 4.92. The Morgan fingerprint density at radius 3 is 2.17 bits per heavy atom. The molecule has 130 valence electrons. The lowest BCUT2D eigenvalue weighted by Crippen LogP contribution is -2.41. The molecule has 0 bridgehead atoms. The van der Waals surface area contributed by atoms with E-state index in [0.717, 1.165) is 48.4 Å². The predicted octanol–water partition coefficient (Wildman–Crippen LogP) is 3.13. The van der Waals surface area contributed by atoms with E-state index < -0.39 is 0 Å². The van der Waals surface area contributed by atoms with Gasteiger partial charge in [-0.2, -0.15) is 0 Å².